The Kier molecular flexibility index (Phi) is 8.37. The molecule has 1 aromatic rings. The van der Waals surface area contributed by atoms with Crippen LogP contribution in [0.3, 0.4) is 0 Å². The van der Waals surface area contributed by atoms with Crippen LogP contribution < -0.4 is 10.4 Å². The number of hydrogen-bond donors (Lipinski definition) is 1. The van der Waals surface area contributed by atoms with Gasteiger partial charge in [0.05, 0.1) is 22.3 Å². The minimum atomic E-state index is -1.47. The molecule has 0 aliphatic rings. The van der Waals surface area contributed by atoms with E-state index in [2.05, 4.69) is 80.5 Å². The average molecular weight is 393 g/mol. The summed E-state index contributed by atoms with van der Waals surface area (Å²) in [6.07, 6.45) is -0.393. The van der Waals surface area contributed by atoms with Crippen molar-refractivity contribution in [1.82, 2.24) is 0 Å². The van der Waals surface area contributed by atoms with Gasteiger partial charge >= 0.3 is 0 Å². The van der Waals surface area contributed by atoms with E-state index in [9.17, 15) is 5.11 Å². The fourth-order valence-electron chi connectivity index (χ4n) is 4.65. The lowest BCUT2D eigenvalue weighted by molar-refractivity contribution is 0.0628. The van der Waals surface area contributed by atoms with Crippen LogP contribution >= 0.6 is 0 Å². The maximum absolute atomic E-state index is 11.1. The Bertz CT molecular complexity index is 511. The molecule has 1 aromatic carbocycles. The summed E-state index contributed by atoms with van der Waals surface area (Å²) in [5.74, 6) is 0. The predicted octanol–water partition coefficient (Wildman–Crippen LogP) is 6.20. The van der Waals surface area contributed by atoms with E-state index >= 15 is 0 Å². The molecule has 0 aromatic heterocycles. The average Bonchev–Trinajstić information content (AvgIpc) is 2.64. The Labute approximate surface area is 165 Å². The maximum Gasteiger partial charge on any atom is 0.0859 e. The van der Waals surface area contributed by atoms with Crippen LogP contribution in [-0.2, 0) is 0 Å². The molecule has 0 amide bonds. The van der Waals surface area contributed by atoms with Gasteiger partial charge in [0.25, 0.3) is 0 Å². The lowest BCUT2D eigenvalue weighted by atomic mass is 9.85. The number of rotatable bonds is 9. The van der Waals surface area contributed by atoms with Crippen molar-refractivity contribution < 1.29 is 5.11 Å². The predicted molar refractivity (Wildman–Crippen MR) is 125 cm³/mol. The Balaban J connectivity index is 3.75. The van der Waals surface area contributed by atoms with E-state index < -0.39 is 22.3 Å². The van der Waals surface area contributed by atoms with E-state index in [0.29, 0.717) is 0 Å². The molecule has 0 fully saturated rings. The highest BCUT2D eigenvalue weighted by Gasteiger charge is 2.35. The Morgan fingerprint density at radius 3 is 1.23 bits per heavy atom. The van der Waals surface area contributed by atoms with Gasteiger partial charge in [-0.1, -0.05) is 127 Å². The summed E-state index contributed by atoms with van der Waals surface area (Å²) >= 11 is 0. The molecule has 1 N–H and O–H groups in total. The van der Waals surface area contributed by atoms with Gasteiger partial charge in [-0.25, -0.2) is 0 Å². The summed E-state index contributed by atoms with van der Waals surface area (Å²) in [5, 5.41) is 14.3. The van der Waals surface area contributed by atoms with Crippen LogP contribution in [0.4, 0.5) is 0 Å². The second-order valence-corrected chi connectivity index (χ2v) is 19.8. The van der Waals surface area contributed by atoms with Gasteiger partial charge in [-0.15, -0.1) is 0 Å². The van der Waals surface area contributed by atoms with Crippen LogP contribution in [0.5, 0.6) is 0 Å². The third-order valence-electron chi connectivity index (χ3n) is 7.38. The first-order chi connectivity index (χ1) is 12.1. The van der Waals surface area contributed by atoms with Crippen molar-refractivity contribution in [2.24, 2.45) is 5.41 Å². The number of aliphatic hydroxyl groups is 1. The number of hydrogen-bond acceptors (Lipinski definition) is 1. The first-order valence-corrected chi connectivity index (χ1v) is 16.2. The maximum atomic E-state index is 11.1. The Morgan fingerprint density at radius 2 is 1.00 bits per heavy atom. The topological polar surface area (TPSA) is 20.2 Å². The molecule has 1 nitrogen and oxygen atoms in total. The SMILES string of the molecule is CC[Si](CC)(CC)c1cc(C(O)C(C)(C)C)cc([Si](CC)(CC)CC)c1. The summed E-state index contributed by atoms with van der Waals surface area (Å²) in [7, 11) is -2.93. The quantitative estimate of drug-likeness (QED) is 0.496. The number of benzene rings is 1. The van der Waals surface area contributed by atoms with Crippen molar-refractivity contribution in [2.75, 3.05) is 0 Å². The lowest BCUT2D eigenvalue weighted by Crippen LogP contribution is -2.52. The molecule has 0 aliphatic heterocycles. The summed E-state index contributed by atoms with van der Waals surface area (Å²) in [6.45, 7) is 20.8. The number of aliphatic hydroxyl groups excluding tert-OH is 1. The van der Waals surface area contributed by atoms with Crippen LogP contribution in [0.15, 0.2) is 18.2 Å². The van der Waals surface area contributed by atoms with E-state index in [-0.39, 0.29) is 5.41 Å². The zero-order valence-corrected chi connectivity index (χ0v) is 21.0. The summed E-state index contributed by atoms with van der Waals surface area (Å²) in [4.78, 5) is 0. The van der Waals surface area contributed by atoms with E-state index in [1.807, 2.05) is 0 Å². The molecule has 26 heavy (non-hydrogen) atoms. The van der Waals surface area contributed by atoms with Crippen LogP contribution in [-0.4, -0.2) is 21.3 Å². The third kappa shape index (κ3) is 4.53. The molecule has 1 atom stereocenters. The molecule has 1 rings (SSSR count). The van der Waals surface area contributed by atoms with E-state index in [0.717, 1.165) is 0 Å². The smallest absolute Gasteiger partial charge is 0.0859 e. The van der Waals surface area contributed by atoms with Gasteiger partial charge in [0, 0.05) is 0 Å². The fourth-order valence-corrected chi connectivity index (χ4v) is 12.1. The van der Waals surface area contributed by atoms with Gasteiger partial charge in [-0.05, 0) is 11.0 Å². The molecule has 1 unspecified atom stereocenters. The van der Waals surface area contributed by atoms with E-state index in [1.165, 1.54) is 41.8 Å². The van der Waals surface area contributed by atoms with Crippen LogP contribution in [0.2, 0.25) is 36.3 Å². The van der Waals surface area contributed by atoms with Gasteiger partial charge in [-0.3, -0.25) is 0 Å². The van der Waals surface area contributed by atoms with Crippen molar-refractivity contribution in [3.63, 3.8) is 0 Å². The minimum Gasteiger partial charge on any atom is -0.388 e. The lowest BCUT2D eigenvalue weighted by Gasteiger charge is -2.36. The molecule has 0 aliphatic carbocycles. The zero-order chi connectivity index (χ0) is 20.2. The standard InChI is InChI=1S/C23H44OSi2/c1-10-25(11-2,12-3)20-16-19(22(24)23(7,8)9)17-21(18-20)26(13-4,14-5)15-6/h16-18,22,24H,10-15H2,1-9H3. The molecule has 0 bridgehead atoms. The van der Waals surface area contributed by atoms with Gasteiger partial charge in [0.1, 0.15) is 0 Å². The highest BCUT2D eigenvalue weighted by Crippen LogP contribution is 2.33. The van der Waals surface area contributed by atoms with Gasteiger partial charge < -0.3 is 5.11 Å². The van der Waals surface area contributed by atoms with E-state index in [1.54, 1.807) is 10.4 Å². The Morgan fingerprint density at radius 1 is 0.692 bits per heavy atom. The molecule has 0 spiro atoms. The second-order valence-electron chi connectivity index (χ2n) is 9.29. The van der Waals surface area contributed by atoms with E-state index in [4.69, 9.17) is 0 Å². The Hall–Kier alpha value is -0.386. The molecule has 0 heterocycles. The normalized spacial score (nSPS) is 14.5. The van der Waals surface area contributed by atoms with Crippen molar-refractivity contribution in [3.05, 3.63) is 23.8 Å². The minimum absolute atomic E-state index is 0.125. The summed E-state index contributed by atoms with van der Waals surface area (Å²) in [6, 6.07) is 15.2. The van der Waals surface area contributed by atoms with Crippen LogP contribution in [0.25, 0.3) is 0 Å². The molecule has 0 radical (unpaired) electrons. The van der Waals surface area contributed by atoms with Gasteiger partial charge in [0.2, 0.25) is 0 Å². The van der Waals surface area contributed by atoms with Crippen molar-refractivity contribution in [1.29, 1.82) is 0 Å². The zero-order valence-electron chi connectivity index (χ0n) is 19.0. The van der Waals surface area contributed by atoms with Gasteiger partial charge in [-0.2, -0.15) is 0 Å². The van der Waals surface area contributed by atoms with Crippen molar-refractivity contribution >= 4 is 26.5 Å². The molecular formula is C23H44OSi2. The fraction of sp³-hybridized carbons (Fsp3) is 0.739. The first kappa shape index (κ1) is 23.7. The summed E-state index contributed by atoms with van der Waals surface area (Å²) in [5.41, 5.74) is 1.05. The molecular weight excluding hydrogens is 348 g/mol. The van der Waals surface area contributed by atoms with Gasteiger partial charge in [0.15, 0.2) is 0 Å². The molecule has 0 saturated heterocycles. The molecule has 0 saturated carbocycles. The van der Waals surface area contributed by atoms with Crippen molar-refractivity contribution in [2.45, 2.75) is 105 Å². The van der Waals surface area contributed by atoms with Crippen molar-refractivity contribution in [3.8, 4) is 0 Å². The largest absolute Gasteiger partial charge is 0.388 e. The second kappa shape index (κ2) is 9.21. The monoisotopic (exact) mass is 392 g/mol. The highest BCUT2D eigenvalue weighted by atomic mass is 28.3. The molecule has 3 heteroatoms. The first-order valence-electron chi connectivity index (χ1n) is 10.9. The van der Waals surface area contributed by atoms with Crippen LogP contribution in [0.1, 0.15) is 74.0 Å². The molecule has 150 valence electrons. The highest BCUT2D eigenvalue weighted by molar-refractivity contribution is 6.94. The van der Waals surface area contributed by atoms with Crippen LogP contribution in [0, 0.1) is 5.41 Å². The third-order valence-corrected chi connectivity index (χ3v) is 18.5. The summed E-state index contributed by atoms with van der Waals surface area (Å²) < 4.78 is 0.